The van der Waals surface area contributed by atoms with Gasteiger partial charge in [-0.25, -0.2) is 0 Å². The largest absolute Gasteiger partial charge is 0.465 e. The second-order valence-electron chi connectivity index (χ2n) is 4.90. The van der Waals surface area contributed by atoms with E-state index in [0.717, 1.165) is 18.4 Å². The number of esters is 1. The predicted molar refractivity (Wildman–Crippen MR) is 73.3 cm³/mol. The predicted octanol–water partition coefficient (Wildman–Crippen LogP) is 2.71. The molecule has 0 bridgehead atoms. The third-order valence-electron chi connectivity index (χ3n) is 2.89. The van der Waals surface area contributed by atoms with Crippen LogP contribution in [0.1, 0.15) is 38.2 Å². The number of carbonyl (C=O) groups is 1. The van der Waals surface area contributed by atoms with Crippen molar-refractivity contribution in [1.82, 2.24) is 0 Å². The Morgan fingerprint density at radius 1 is 1.28 bits per heavy atom. The summed E-state index contributed by atoms with van der Waals surface area (Å²) in [5.41, 5.74) is 6.58. The highest BCUT2D eigenvalue weighted by Crippen LogP contribution is 2.16. The molecule has 2 N–H and O–H groups in total. The van der Waals surface area contributed by atoms with Gasteiger partial charge in [0.2, 0.25) is 0 Å². The zero-order valence-electron chi connectivity index (χ0n) is 11.3. The summed E-state index contributed by atoms with van der Waals surface area (Å²) < 4.78 is 5.28. The van der Waals surface area contributed by atoms with E-state index < -0.39 is 0 Å². The Labute approximate surface area is 109 Å². The molecule has 0 aliphatic heterocycles. The summed E-state index contributed by atoms with van der Waals surface area (Å²) in [4.78, 5) is 11.9. The van der Waals surface area contributed by atoms with Gasteiger partial charge in [-0.15, -0.1) is 0 Å². The van der Waals surface area contributed by atoms with Gasteiger partial charge in [-0.3, -0.25) is 4.79 Å². The first-order chi connectivity index (χ1) is 8.65. The molecular formula is C15H23NO2. The van der Waals surface area contributed by atoms with Crippen molar-refractivity contribution in [2.24, 2.45) is 11.7 Å². The SMILES string of the molecule is CC(C)CCCOC(=O)C(CN)c1ccccc1. The van der Waals surface area contributed by atoms with Crippen molar-refractivity contribution in [1.29, 1.82) is 0 Å². The molecule has 0 amide bonds. The molecule has 0 saturated carbocycles. The van der Waals surface area contributed by atoms with Crippen LogP contribution in [-0.4, -0.2) is 19.1 Å². The lowest BCUT2D eigenvalue weighted by Crippen LogP contribution is -2.24. The highest BCUT2D eigenvalue weighted by Gasteiger charge is 2.19. The minimum Gasteiger partial charge on any atom is -0.465 e. The molecule has 1 aromatic rings. The molecule has 1 rings (SSSR count). The number of nitrogens with two attached hydrogens (primary N) is 1. The Morgan fingerprint density at radius 3 is 2.50 bits per heavy atom. The summed E-state index contributed by atoms with van der Waals surface area (Å²) in [6.45, 7) is 5.09. The Kier molecular flexibility index (Phi) is 6.44. The van der Waals surface area contributed by atoms with Gasteiger partial charge >= 0.3 is 5.97 Å². The van der Waals surface area contributed by atoms with E-state index in [-0.39, 0.29) is 18.4 Å². The molecule has 0 spiro atoms. The maximum absolute atomic E-state index is 11.9. The summed E-state index contributed by atoms with van der Waals surface area (Å²) >= 11 is 0. The smallest absolute Gasteiger partial charge is 0.314 e. The number of hydrogen-bond donors (Lipinski definition) is 1. The van der Waals surface area contributed by atoms with E-state index in [4.69, 9.17) is 10.5 Å². The van der Waals surface area contributed by atoms with Crippen LogP contribution in [0.5, 0.6) is 0 Å². The lowest BCUT2D eigenvalue weighted by Gasteiger charge is -2.14. The van der Waals surface area contributed by atoms with Crippen LogP contribution in [0.4, 0.5) is 0 Å². The van der Waals surface area contributed by atoms with Gasteiger partial charge in [0.25, 0.3) is 0 Å². The fourth-order valence-corrected chi connectivity index (χ4v) is 1.82. The zero-order chi connectivity index (χ0) is 13.4. The van der Waals surface area contributed by atoms with Crippen LogP contribution in [0.15, 0.2) is 30.3 Å². The minimum absolute atomic E-state index is 0.215. The van der Waals surface area contributed by atoms with Gasteiger partial charge in [0.15, 0.2) is 0 Å². The third kappa shape index (κ3) is 4.88. The third-order valence-corrected chi connectivity index (χ3v) is 2.89. The Bertz CT molecular complexity index is 349. The fourth-order valence-electron chi connectivity index (χ4n) is 1.82. The van der Waals surface area contributed by atoms with Crippen molar-refractivity contribution < 1.29 is 9.53 Å². The number of rotatable bonds is 7. The summed E-state index contributed by atoms with van der Waals surface area (Å²) in [6, 6.07) is 9.55. The van der Waals surface area contributed by atoms with Crippen LogP contribution in [0.3, 0.4) is 0 Å². The summed E-state index contributed by atoms with van der Waals surface area (Å²) in [6.07, 6.45) is 1.99. The summed E-state index contributed by atoms with van der Waals surface area (Å²) in [7, 11) is 0. The van der Waals surface area contributed by atoms with Gasteiger partial charge in [-0.05, 0) is 24.3 Å². The van der Waals surface area contributed by atoms with Crippen molar-refractivity contribution in [3.05, 3.63) is 35.9 Å². The average molecular weight is 249 g/mol. The first-order valence-electron chi connectivity index (χ1n) is 6.56. The van der Waals surface area contributed by atoms with Crippen molar-refractivity contribution in [3.63, 3.8) is 0 Å². The summed E-state index contributed by atoms with van der Waals surface area (Å²) in [5, 5.41) is 0. The van der Waals surface area contributed by atoms with E-state index in [9.17, 15) is 4.79 Å². The lowest BCUT2D eigenvalue weighted by molar-refractivity contribution is -0.145. The number of ether oxygens (including phenoxy) is 1. The average Bonchev–Trinajstić information content (AvgIpc) is 2.36. The molecule has 18 heavy (non-hydrogen) atoms. The van der Waals surface area contributed by atoms with Crippen LogP contribution < -0.4 is 5.73 Å². The second kappa shape index (κ2) is 7.88. The van der Waals surface area contributed by atoms with E-state index in [1.54, 1.807) is 0 Å². The molecule has 0 saturated heterocycles. The van der Waals surface area contributed by atoms with Crippen LogP contribution in [0.25, 0.3) is 0 Å². The quantitative estimate of drug-likeness (QED) is 0.597. The van der Waals surface area contributed by atoms with E-state index in [1.807, 2.05) is 30.3 Å². The molecule has 3 nitrogen and oxygen atoms in total. The molecule has 3 heteroatoms. The molecule has 0 heterocycles. The molecule has 1 unspecified atom stereocenters. The van der Waals surface area contributed by atoms with Crippen molar-refractivity contribution in [2.75, 3.05) is 13.2 Å². The molecule has 0 fully saturated rings. The summed E-state index contributed by atoms with van der Waals surface area (Å²) in [5.74, 6) is 0.0841. The molecule has 1 aromatic carbocycles. The van der Waals surface area contributed by atoms with Crippen LogP contribution in [0, 0.1) is 5.92 Å². The van der Waals surface area contributed by atoms with Crippen LogP contribution in [0.2, 0.25) is 0 Å². The maximum atomic E-state index is 11.9. The fraction of sp³-hybridized carbons (Fsp3) is 0.533. The molecular weight excluding hydrogens is 226 g/mol. The topological polar surface area (TPSA) is 52.3 Å². The highest BCUT2D eigenvalue weighted by molar-refractivity contribution is 5.78. The first-order valence-corrected chi connectivity index (χ1v) is 6.56. The first kappa shape index (κ1) is 14.7. The molecule has 100 valence electrons. The van der Waals surface area contributed by atoms with Crippen molar-refractivity contribution in [2.45, 2.75) is 32.6 Å². The lowest BCUT2D eigenvalue weighted by atomic mass is 10.00. The van der Waals surface area contributed by atoms with Crippen molar-refractivity contribution >= 4 is 5.97 Å². The van der Waals surface area contributed by atoms with Gasteiger partial charge in [0.05, 0.1) is 12.5 Å². The molecule has 0 aromatic heterocycles. The van der Waals surface area contributed by atoms with Gasteiger partial charge in [0, 0.05) is 6.54 Å². The van der Waals surface area contributed by atoms with Crippen LogP contribution in [-0.2, 0) is 9.53 Å². The number of benzene rings is 1. The molecule has 1 atom stereocenters. The number of hydrogen-bond acceptors (Lipinski definition) is 3. The monoisotopic (exact) mass is 249 g/mol. The highest BCUT2D eigenvalue weighted by atomic mass is 16.5. The van der Waals surface area contributed by atoms with Crippen molar-refractivity contribution in [3.8, 4) is 0 Å². The molecule has 0 aliphatic rings. The Hall–Kier alpha value is -1.35. The standard InChI is InChI=1S/C15H23NO2/c1-12(2)7-6-10-18-15(17)14(11-16)13-8-4-3-5-9-13/h3-5,8-9,12,14H,6-7,10-11,16H2,1-2H3. The van der Waals surface area contributed by atoms with E-state index in [1.165, 1.54) is 0 Å². The molecule has 0 aliphatic carbocycles. The second-order valence-corrected chi connectivity index (χ2v) is 4.90. The number of carbonyl (C=O) groups excluding carboxylic acids is 1. The van der Waals surface area contributed by atoms with Crippen LogP contribution >= 0.6 is 0 Å². The van der Waals surface area contributed by atoms with Gasteiger partial charge in [0.1, 0.15) is 0 Å². The van der Waals surface area contributed by atoms with Gasteiger partial charge in [-0.1, -0.05) is 44.2 Å². The van der Waals surface area contributed by atoms with Gasteiger partial charge < -0.3 is 10.5 Å². The maximum Gasteiger partial charge on any atom is 0.314 e. The Balaban J connectivity index is 2.43. The Morgan fingerprint density at radius 2 is 1.94 bits per heavy atom. The van der Waals surface area contributed by atoms with Gasteiger partial charge in [-0.2, -0.15) is 0 Å². The normalized spacial score (nSPS) is 12.4. The molecule has 0 radical (unpaired) electrons. The van der Waals surface area contributed by atoms with E-state index >= 15 is 0 Å². The van der Waals surface area contributed by atoms with E-state index in [2.05, 4.69) is 13.8 Å². The van der Waals surface area contributed by atoms with E-state index in [0.29, 0.717) is 12.5 Å². The minimum atomic E-state index is -0.342. The zero-order valence-corrected chi connectivity index (χ0v) is 11.3.